The van der Waals surface area contributed by atoms with E-state index in [-0.39, 0.29) is 0 Å². The molecule has 0 radical (unpaired) electrons. The summed E-state index contributed by atoms with van der Waals surface area (Å²) in [5.41, 5.74) is 3.81. The van der Waals surface area contributed by atoms with Crippen LogP contribution in [0, 0.1) is 11.3 Å². The lowest BCUT2D eigenvalue weighted by Gasteiger charge is -2.26. The molecule has 0 aromatic carbocycles. The highest BCUT2D eigenvalue weighted by molar-refractivity contribution is 4.86. The van der Waals surface area contributed by atoms with Gasteiger partial charge in [0.15, 0.2) is 0 Å². The molecule has 1 rings (SSSR count). The predicted molar refractivity (Wildman–Crippen MR) is 43.6 cm³/mol. The van der Waals surface area contributed by atoms with Crippen molar-refractivity contribution in [3.63, 3.8) is 0 Å². The van der Waals surface area contributed by atoms with E-state index in [0.717, 1.165) is 12.5 Å². The highest BCUT2D eigenvalue weighted by atomic mass is 15.5. The first-order valence-corrected chi connectivity index (χ1v) is 3.99. The predicted octanol–water partition coefficient (Wildman–Crippen LogP) is 1.10. The lowest BCUT2D eigenvalue weighted by Crippen LogP contribution is -2.28. The standard InChI is InChI=1S/C8H18N2/c1-7(2)8(3)5-9-10(4)6-8/h7,9H,5-6H2,1-4H3. The van der Waals surface area contributed by atoms with Crippen molar-refractivity contribution in [1.82, 2.24) is 10.4 Å². The zero-order chi connectivity index (χ0) is 7.78. The number of rotatable bonds is 1. The topological polar surface area (TPSA) is 15.3 Å². The first-order chi connectivity index (χ1) is 4.54. The summed E-state index contributed by atoms with van der Waals surface area (Å²) in [6.45, 7) is 9.22. The summed E-state index contributed by atoms with van der Waals surface area (Å²) in [4.78, 5) is 0. The maximum absolute atomic E-state index is 3.32. The smallest absolute Gasteiger partial charge is 0.0196 e. The molecule has 1 aliphatic rings. The lowest BCUT2D eigenvalue weighted by molar-refractivity contribution is 0.230. The van der Waals surface area contributed by atoms with Gasteiger partial charge in [-0.2, -0.15) is 0 Å². The number of nitrogens with one attached hydrogen (secondary N) is 1. The molecule has 1 aliphatic heterocycles. The molecule has 0 aromatic heterocycles. The Hall–Kier alpha value is -0.0800. The van der Waals surface area contributed by atoms with Crippen LogP contribution in [0.5, 0.6) is 0 Å². The molecule has 0 bridgehead atoms. The van der Waals surface area contributed by atoms with Gasteiger partial charge < -0.3 is 0 Å². The third-order valence-corrected chi connectivity index (χ3v) is 2.75. The second-order valence-corrected chi connectivity index (χ2v) is 4.00. The molecule has 0 saturated carbocycles. The van der Waals surface area contributed by atoms with Crippen molar-refractivity contribution in [3.05, 3.63) is 0 Å². The Morgan fingerprint density at radius 3 is 2.30 bits per heavy atom. The van der Waals surface area contributed by atoms with Gasteiger partial charge in [-0.15, -0.1) is 0 Å². The second kappa shape index (κ2) is 2.51. The molecule has 0 aliphatic carbocycles. The molecule has 10 heavy (non-hydrogen) atoms. The van der Waals surface area contributed by atoms with E-state index in [1.165, 1.54) is 6.54 Å². The van der Waals surface area contributed by atoms with E-state index < -0.39 is 0 Å². The number of hydrogen-bond donors (Lipinski definition) is 1. The first kappa shape index (κ1) is 8.02. The summed E-state index contributed by atoms with van der Waals surface area (Å²) < 4.78 is 0. The molecule has 0 amide bonds. The van der Waals surface area contributed by atoms with Gasteiger partial charge in [-0.3, -0.25) is 5.43 Å². The van der Waals surface area contributed by atoms with Crippen LogP contribution in [0.4, 0.5) is 0 Å². The molecule has 2 nitrogen and oxygen atoms in total. The van der Waals surface area contributed by atoms with E-state index in [9.17, 15) is 0 Å². The van der Waals surface area contributed by atoms with Crippen LogP contribution in [0.1, 0.15) is 20.8 Å². The summed E-state index contributed by atoms with van der Waals surface area (Å²) in [5.74, 6) is 0.768. The summed E-state index contributed by atoms with van der Waals surface area (Å²) >= 11 is 0. The van der Waals surface area contributed by atoms with Gasteiger partial charge in [0, 0.05) is 20.1 Å². The number of hydrazine groups is 1. The first-order valence-electron chi connectivity index (χ1n) is 3.99. The van der Waals surface area contributed by atoms with Gasteiger partial charge in [0.25, 0.3) is 0 Å². The summed E-state index contributed by atoms with van der Waals surface area (Å²) in [7, 11) is 2.10. The van der Waals surface area contributed by atoms with Crippen LogP contribution < -0.4 is 5.43 Å². The Bertz CT molecular complexity index is 122. The largest absolute Gasteiger partial charge is 0.255 e. The molecular formula is C8H18N2. The molecule has 1 fully saturated rings. The van der Waals surface area contributed by atoms with Crippen molar-refractivity contribution >= 4 is 0 Å². The Kier molecular flexibility index (Phi) is 2.02. The normalized spacial score (nSPS) is 35.7. The van der Waals surface area contributed by atoms with E-state index in [1.807, 2.05) is 0 Å². The molecule has 1 heterocycles. The highest BCUT2D eigenvalue weighted by Gasteiger charge is 2.34. The molecule has 1 unspecified atom stereocenters. The van der Waals surface area contributed by atoms with E-state index in [4.69, 9.17) is 0 Å². The summed E-state index contributed by atoms with van der Waals surface area (Å²) in [6, 6.07) is 0. The fraction of sp³-hybridized carbons (Fsp3) is 1.00. The third-order valence-electron chi connectivity index (χ3n) is 2.75. The van der Waals surface area contributed by atoms with Crippen LogP contribution >= 0.6 is 0 Å². The van der Waals surface area contributed by atoms with Crippen LogP contribution in [-0.4, -0.2) is 25.1 Å². The average molecular weight is 142 g/mol. The Morgan fingerprint density at radius 1 is 1.50 bits per heavy atom. The monoisotopic (exact) mass is 142 g/mol. The van der Waals surface area contributed by atoms with Crippen LogP contribution in [0.15, 0.2) is 0 Å². The zero-order valence-corrected chi connectivity index (χ0v) is 7.44. The lowest BCUT2D eigenvalue weighted by atomic mass is 9.80. The zero-order valence-electron chi connectivity index (χ0n) is 7.44. The summed E-state index contributed by atoms with van der Waals surface area (Å²) in [6.07, 6.45) is 0. The van der Waals surface area contributed by atoms with Crippen LogP contribution in [0.3, 0.4) is 0 Å². The van der Waals surface area contributed by atoms with Gasteiger partial charge in [-0.25, -0.2) is 5.01 Å². The van der Waals surface area contributed by atoms with Gasteiger partial charge >= 0.3 is 0 Å². The fourth-order valence-corrected chi connectivity index (χ4v) is 1.36. The molecule has 2 heteroatoms. The van der Waals surface area contributed by atoms with Crippen molar-refractivity contribution in [2.75, 3.05) is 20.1 Å². The maximum Gasteiger partial charge on any atom is 0.0196 e. The molecule has 0 spiro atoms. The van der Waals surface area contributed by atoms with Crippen LogP contribution in [-0.2, 0) is 0 Å². The molecule has 60 valence electrons. The highest BCUT2D eigenvalue weighted by Crippen LogP contribution is 2.29. The van der Waals surface area contributed by atoms with E-state index in [0.29, 0.717) is 5.41 Å². The number of nitrogens with zero attached hydrogens (tertiary/aromatic N) is 1. The molecule has 1 N–H and O–H groups in total. The molecule has 1 atom stereocenters. The van der Waals surface area contributed by atoms with Gasteiger partial charge in [-0.1, -0.05) is 20.8 Å². The minimum absolute atomic E-state index is 0.481. The van der Waals surface area contributed by atoms with Crippen molar-refractivity contribution in [2.45, 2.75) is 20.8 Å². The van der Waals surface area contributed by atoms with Crippen molar-refractivity contribution in [1.29, 1.82) is 0 Å². The fourth-order valence-electron chi connectivity index (χ4n) is 1.36. The molecule has 0 aromatic rings. The maximum atomic E-state index is 3.32. The Labute approximate surface area is 63.6 Å². The minimum atomic E-state index is 0.481. The van der Waals surface area contributed by atoms with Gasteiger partial charge in [0.05, 0.1) is 0 Å². The van der Waals surface area contributed by atoms with Gasteiger partial charge in [0.1, 0.15) is 0 Å². The average Bonchev–Trinajstić information content (AvgIpc) is 2.13. The SMILES string of the molecule is CC(C)C1(C)CNN(C)C1. The van der Waals surface area contributed by atoms with Crippen molar-refractivity contribution in [2.24, 2.45) is 11.3 Å². The van der Waals surface area contributed by atoms with E-state index in [1.54, 1.807) is 0 Å². The van der Waals surface area contributed by atoms with Crippen molar-refractivity contribution < 1.29 is 0 Å². The van der Waals surface area contributed by atoms with E-state index >= 15 is 0 Å². The molecule has 1 saturated heterocycles. The van der Waals surface area contributed by atoms with E-state index in [2.05, 4.69) is 38.3 Å². The quantitative estimate of drug-likeness (QED) is 0.590. The second-order valence-electron chi connectivity index (χ2n) is 4.00. The minimum Gasteiger partial charge on any atom is -0.255 e. The molecular weight excluding hydrogens is 124 g/mol. The van der Waals surface area contributed by atoms with Crippen LogP contribution in [0.25, 0.3) is 0 Å². The van der Waals surface area contributed by atoms with Crippen LogP contribution in [0.2, 0.25) is 0 Å². The van der Waals surface area contributed by atoms with Gasteiger partial charge in [0.2, 0.25) is 0 Å². The van der Waals surface area contributed by atoms with Crippen molar-refractivity contribution in [3.8, 4) is 0 Å². The summed E-state index contributed by atoms with van der Waals surface area (Å²) in [5, 5.41) is 2.18. The third kappa shape index (κ3) is 1.32. The number of hydrogen-bond acceptors (Lipinski definition) is 2. The van der Waals surface area contributed by atoms with Gasteiger partial charge in [-0.05, 0) is 11.3 Å². The Balaban J connectivity index is 2.54. The Morgan fingerprint density at radius 2 is 2.10 bits per heavy atom.